The van der Waals surface area contributed by atoms with Crippen molar-refractivity contribution in [2.24, 2.45) is 0 Å². The maximum atomic E-state index is 11.5. The fourth-order valence-electron chi connectivity index (χ4n) is 2.17. The van der Waals surface area contributed by atoms with Crippen LogP contribution in [0, 0.1) is 0 Å². The van der Waals surface area contributed by atoms with Gasteiger partial charge in [0.15, 0.2) is 0 Å². The molecule has 1 heterocycles. The van der Waals surface area contributed by atoms with Crippen LogP contribution in [0.4, 0.5) is 0 Å². The van der Waals surface area contributed by atoms with Gasteiger partial charge in [-0.2, -0.15) is 0 Å². The number of hydrogen-bond acceptors (Lipinski definition) is 3. The molecule has 0 spiro atoms. The largest absolute Gasteiger partial charge is 0.465 e. The highest BCUT2D eigenvalue weighted by Crippen LogP contribution is 2.18. The van der Waals surface area contributed by atoms with E-state index < -0.39 is 0 Å². The summed E-state index contributed by atoms with van der Waals surface area (Å²) >= 11 is 0. The van der Waals surface area contributed by atoms with Crippen molar-refractivity contribution in [1.29, 1.82) is 0 Å². The number of rotatable bonds is 6. The summed E-state index contributed by atoms with van der Waals surface area (Å²) in [4.78, 5) is 11.5. The van der Waals surface area contributed by atoms with Crippen LogP contribution in [0.1, 0.15) is 26.3 Å². The summed E-state index contributed by atoms with van der Waals surface area (Å²) in [6, 6.07) is 8.82. The summed E-state index contributed by atoms with van der Waals surface area (Å²) in [5.41, 5.74) is 2.31. The Hall–Kier alpha value is -1.81. The minimum absolute atomic E-state index is 0.199. The molecule has 1 aromatic heterocycles. The molecular formula is C16H22N2O2. The van der Waals surface area contributed by atoms with Gasteiger partial charge in [0.05, 0.1) is 6.61 Å². The first-order valence-corrected chi connectivity index (χ1v) is 7.07. The zero-order valence-electron chi connectivity index (χ0n) is 12.3. The van der Waals surface area contributed by atoms with E-state index in [4.69, 9.17) is 4.74 Å². The number of esters is 1. The fraction of sp³-hybridized carbons (Fsp3) is 0.438. The van der Waals surface area contributed by atoms with E-state index in [0.717, 1.165) is 17.4 Å². The minimum atomic E-state index is -0.199. The summed E-state index contributed by atoms with van der Waals surface area (Å²) < 4.78 is 6.91. The lowest BCUT2D eigenvalue weighted by Crippen LogP contribution is -2.21. The van der Waals surface area contributed by atoms with Gasteiger partial charge in [0.25, 0.3) is 0 Å². The lowest BCUT2D eigenvalue weighted by Gasteiger charge is -2.09. The van der Waals surface area contributed by atoms with Gasteiger partial charge in [-0.1, -0.05) is 19.9 Å². The predicted molar refractivity (Wildman–Crippen MR) is 80.5 cm³/mol. The Labute approximate surface area is 119 Å². The monoisotopic (exact) mass is 274 g/mol. The average molecular weight is 274 g/mol. The molecule has 0 aliphatic heterocycles. The van der Waals surface area contributed by atoms with Crippen molar-refractivity contribution < 1.29 is 9.53 Å². The molecule has 1 aromatic carbocycles. The first-order valence-electron chi connectivity index (χ1n) is 7.07. The van der Waals surface area contributed by atoms with Crippen LogP contribution < -0.4 is 5.32 Å². The number of benzene rings is 1. The average Bonchev–Trinajstić information content (AvgIpc) is 2.79. The van der Waals surface area contributed by atoms with Crippen LogP contribution in [0.15, 0.2) is 30.5 Å². The second-order valence-corrected chi connectivity index (χ2v) is 5.18. The number of hydrogen-bond donors (Lipinski definition) is 1. The van der Waals surface area contributed by atoms with Gasteiger partial charge in [0, 0.05) is 24.3 Å². The number of ether oxygens (including phenoxy) is 1. The van der Waals surface area contributed by atoms with E-state index >= 15 is 0 Å². The molecule has 0 atom stereocenters. The number of carbonyl (C=O) groups is 1. The molecule has 2 rings (SSSR count). The highest BCUT2D eigenvalue weighted by atomic mass is 16.5. The van der Waals surface area contributed by atoms with Crippen molar-refractivity contribution in [2.45, 2.75) is 39.9 Å². The van der Waals surface area contributed by atoms with Crippen LogP contribution in [0.5, 0.6) is 0 Å². The fourth-order valence-corrected chi connectivity index (χ4v) is 2.17. The normalized spacial score (nSPS) is 11.2. The van der Waals surface area contributed by atoms with Gasteiger partial charge in [-0.05, 0) is 36.1 Å². The van der Waals surface area contributed by atoms with Crippen molar-refractivity contribution in [3.8, 4) is 0 Å². The first kappa shape index (κ1) is 14.6. The van der Waals surface area contributed by atoms with Crippen molar-refractivity contribution in [2.75, 3.05) is 6.61 Å². The van der Waals surface area contributed by atoms with E-state index in [-0.39, 0.29) is 12.5 Å². The second kappa shape index (κ2) is 6.57. The van der Waals surface area contributed by atoms with Crippen molar-refractivity contribution >= 4 is 16.9 Å². The van der Waals surface area contributed by atoms with Crippen LogP contribution in [-0.2, 0) is 22.6 Å². The summed E-state index contributed by atoms with van der Waals surface area (Å²) in [7, 11) is 0. The van der Waals surface area contributed by atoms with E-state index in [1.54, 1.807) is 0 Å². The van der Waals surface area contributed by atoms with Crippen LogP contribution in [0.2, 0.25) is 0 Å². The van der Waals surface area contributed by atoms with Crippen LogP contribution in [0.25, 0.3) is 10.9 Å². The molecule has 0 aliphatic rings. The van der Waals surface area contributed by atoms with E-state index in [9.17, 15) is 4.79 Å². The zero-order chi connectivity index (χ0) is 14.5. The second-order valence-electron chi connectivity index (χ2n) is 5.18. The van der Waals surface area contributed by atoms with Gasteiger partial charge in [-0.3, -0.25) is 4.79 Å². The van der Waals surface area contributed by atoms with Gasteiger partial charge >= 0.3 is 5.97 Å². The molecular weight excluding hydrogens is 252 g/mol. The highest BCUT2D eigenvalue weighted by Gasteiger charge is 2.07. The molecule has 0 unspecified atom stereocenters. The molecule has 108 valence electrons. The Bertz CT molecular complexity index is 587. The molecule has 0 saturated heterocycles. The van der Waals surface area contributed by atoms with Gasteiger partial charge in [-0.25, -0.2) is 0 Å². The molecule has 0 radical (unpaired) electrons. The van der Waals surface area contributed by atoms with E-state index in [1.807, 2.05) is 23.8 Å². The van der Waals surface area contributed by atoms with E-state index in [0.29, 0.717) is 12.6 Å². The molecule has 1 N–H and O–H groups in total. The molecule has 0 fully saturated rings. The number of carbonyl (C=O) groups excluding carboxylic acids is 1. The van der Waals surface area contributed by atoms with Gasteiger partial charge in [0.1, 0.15) is 6.54 Å². The zero-order valence-corrected chi connectivity index (χ0v) is 12.3. The third kappa shape index (κ3) is 3.61. The van der Waals surface area contributed by atoms with E-state index in [1.165, 1.54) is 5.56 Å². The maximum absolute atomic E-state index is 11.5. The van der Waals surface area contributed by atoms with E-state index in [2.05, 4.69) is 37.4 Å². The van der Waals surface area contributed by atoms with Gasteiger partial charge in [-0.15, -0.1) is 0 Å². The van der Waals surface area contributed by atoms with Crippen molar-refractivity contribution in [3.05, 3.63) is 36.0 Å². The Morgan fingerprint density at radius 3 is 2.85 bits per heavy atom. The Kier molecular flexibility index (Phi) is 4.79. The topological polar surface area (TPSA) is 43.3 Å². The van der Waals surface area contributed by atoms with Gasteiger partial charge in [0.2, 0.25) is 0 Å². The minimum Gasteiger partial charge on any atom is -0.465 e. The van der Waals surface area contributed by atoms with Gasteiger partial charge < -0.3 is 14.6 Å². The Balaban J connectivity index is 2.14. The number of nitrogens with one attached hydrogen (secondary N) is 1. The summed E-state index contributed by atoms with van der Waals surface area (Å²) in [5.74, 6) is -0.199. The van der Waals surface area contributed by atoms with Crippen LogP contribution in [-0.4, -0.2) is 23.2 Å². The highest BCUT2D eigenvalue weighted by molar-refractivity contribution is 5.82. The van der Waals surface area contributed by atoms with Crippen LogP contribution >= 0.6 is 0 Å². The number of fused-ring (bicyclic) bond motifs is 1. The summed E-state index contributed by atoms with van der Waals surface area (Å²) in [6.45, 7) is 7.63. The standard InChI is InChI=1S/C16H22N2O2/c1-4-20-16(19)11-18-8-7-14-9-13(5-6-15(14)18)10-17-12(2)3/h5-9,12,17H,4,10-11H2,1-3H3. The number of aromatic nitrogens is 1. The molecule has 0 amide bonds. The smallest absolute Gasteiger partial charge is 0.325 e. The Morgan fingerprint density at radius 1 is 1.35 bits per heavy atom. The third-order valence-corrected chi connectivity index (χ3v) is 3.15. The lowest BCUT2D eigenvalue weighted by atomic mass is 10.1. The quantitative estimate of drug-likeness (QED) is 0.824. The molecule has 20 heavy (non-hydrogen) atoms. The molecule has 0 saturated carbocycles. The van der Waals surface area contributed by atoms with Crippen LogP contribution in [0.3, 0.4) is 0 Å². The first-order chi connectivity index (χ1) is 9.60. The lowest BCUT2D eigenvalue weighted by molar-refractivity contribution is -0.143. The summed E-state index contributed by atoms with van der Waals surface area (Å²) in [6.07, 6.45) is 1.93. The SMILES string of the molecule is CCOC(=O)Cn1ccc2cc(CNC(C)C)ccc21. The van der Waals surface area contributed by atoms with Crippen molar-refractivity contribution in [1.82, 2.24) is 9.88 Å². The predicted octanol–water partition coefficient (Wildman–Crippen LogP) is 2.70. The number of nitrogens with zero attached hydrogens (tertiary/aromatic N) is 1. The van der Waals surface area contributed by atoms with Crippen molar-refractivity contribution in [3.63, 3.8) is 0 Å². The molecule has 4 heteroatoms. The molecule has 2 aromatic rings. The third-order valence-electron chi connectivity index (χ3n) is 3.15. The molecule has 0 aliphatic carbocycles. The Morgan fingerprint density at radius 2 is 2.15 bits per heavy atom. The maximum Gasteiger partial charge on any atom is 0.325 e. The molecule has 0 bridgehead atoms. The molecule has 4 nitrogen and oxygen atoms in total. The summed E-state index contributed by atoms with van der Waals surface area (Å²) in [5, 5.41) is 4.55.